The van der Waals surface area contributed by atoms with E-state index < -0.39 is 0 Å². The zero-order valence-corrected chi connectivity index (χ0v) is 11.9. The maximum absolute atomic E-state index is 10.8. The van der Waals surface area contributed by atoms with E-state index in [4.69, 9.17) is 9.47 Å². The van der Waals surface area contributed by atoms with Crippen LogP contribution in [0.15, 0.2) is 41.1 Å². The van der Waals surface area contributed by atoms with Crippen LogP contribution in [0.2, 0.25) is 0 Å². The third-order valence-electron chi connectivity index (χ3n) is 2.51. The lowest BCUT2D eigenvalue weighted by molar-refractivity contribution is 0.112. The number of halogens is 1. The molecule has 1 aromatic carbocycles. The molecule has 0 aliphatic heterocycles. The number of methoxy groups -OCH3 is 1. The molecule has 0 N–H and O–H groups in total. The summed E-state index contributed by atoms with van der Waals surface area (Å²) in [7, 11) is 1.58. The number of hydrogen-bond donors (Lipinski definition) is 0. The van der Waals surface area contributed by atoms with Crippen LogP contribution >= 0.6 is 15.9 Å². The van der Waals surface area contributed by atoms with Crippen molar-refractivity contribution in [3.8, 4) is 11.5 Å². The number of carbonyl (C=O) groups is 1. The molecule has 0 spiro atoms. The highest BCUT2D eigenvalue weighted by atomic mass is 79.9. The summed E-state index contributed by atoms with van der Waals surface area (Å²) < 4.78 is 11.7. The summed E-state index contributed by atoms with van der Waals surface area (Å²) in [4.78, 5) is 14.8. The number of nitrogens with zero attached hydrogens (tertiary/aromatic N) is 1. The molecule has 1 heterocycles. The van der Waals surface area contributed by atoms with Gasteiger partial charge in [-0.3, -0.25) is 9.78 Å². The number of aldehydes is 1. The summed E-state index contributed by atoms with van der Waals surface area (Å²) >= 11 is 3.33. The Morgan fingerprint density at radius 2 is 2.16 bits per heavy atom. The third kappa shape index (κ3) is 3.54. The van der Waals surface area contributed by atoms with Crippen LogP contribution in [0.4, 0.5) is 0 Å². The van der Waals surface area contributed by atoms with Crippen molar-refractivity contribution in [1.29, 1.82) is 0 Å². The highest BCUT2D eigenvalue weighted by Crippen LogP contribution is 2.22. The summed E-state index contributed by atoms with van der Waals surface area (Å²) in [5.74, 6) is 1.33. The lowest BCUT2D eigenvalue weighted by Gasteiger charge is -2.10. The molecule has 4 nitrogen and oxygen atoms in total. The monoisotopic (exact) mass is 321 g/mol. The maximum atomic E-state index is 10.8. The Labute approximate surface area is 119 Å². The summed E-state index contributed by atoms with van der Waals surface area (Å²) in [6.07, 6.45) is 4.10. The molecule has 98 valence electrons. The van der Waals surface area contributed by atoms with Crippen molar-refractivity contribution in [1.82, 2.24) is 4.98 Å². The fraction of sp³-hybridized carbons (Fsp3) is 0.143. The highest BCUT2D eigenvalue weighted by molar-refractivity contribution is 9.10. The van der Waals surface area contributed by atoms with Crippen LogP contribution < -0.4 is 9.47 Å². The molecule has 2 aromatic rings. The normalized spacial score (nSPS) is 10.0. The Morgan fingerprint density at radius 1 is 1.32 bits per heavy atom. The second-order valence-corrected chi connectivity index (χ2v) is 4.73. The summed E-state index contributed by atoms with van der Waals surface area (Å²) in [6.45, 7) is 0.309. The third-order valence-corrected chi connectivity index (χ3v) is 2.95. The molecule has 0 saturated heterocycles. The first-order valence-electron chi connectivity index (χ1n) is 5.58. The molecule has 0 aliphatic rings. The Balaban J connectivity index is 2.16. The Kier molecular flexibility index (Phi) is 4.52. The fourth-order valence-corrected chi connectivity index (χ4v) is 1.96. The molecule has 0 radical (unpaired) electrons. The van der Waals surface area contributed by atoms with E-state index in [2.05, 4.69) is 20.9 Å². The van der Waals surface area contributed by atoms with E-state index in [0.717, 1.165) is 16.3 Å². The lowest BCUT2D eigenvalue weighted by Crippen LogP contribution is -2.00. The van der Waals surface area contributed by atoms with E-state index in [1.54, 1.807) is 37.7 Å². The molecule has 19 heavy (non-hydrogen) atoms. The molecule has 0 bridgehead atoms. The fourth-order valence-electron chi connectivity index (χ4n) is 1.62. The van der Waals surface area contributed by atoms with Crippen LogP contribution in [0.5, 0.6) is 11.5 Å². The number of carbonyl (C=O) groups excluding carboxylic acids is 1. The van der Waals surface area contributed by atoms with E-state index in [1.807, 2.05) is 6.07 Å². The first-order chi connectivity index (χ1) is 9.22. The summed E-state index contributed by atoms with van der Waals surface area (Å²) in [6, 6.07) is 7.03. The van der Waals surface area contributed by atoms with E-state index in [9.17, 15) is 4.79 Å². The maximum Gasteiger partial charge on any atom is 0.150 e. The van der Waals surface area contributed by atoms with Crippen molar-refractivity contribution < 1.29 is 14.3 Å². The van der Waals surface area contributed by atoms with Gasteiger partial charge in [0.1, 0.15) is 24.4 Å². The lowest BCUT2D eigenvalue weighted by atomic mass is 10.1. The van der Waals surface area contributed by atoms with Crippen molar-refractivity contribution in [2.45, 2.75) is 6.61 Å². The van der Waals surface area contributed by atoms with Crippen LogP contribution in [0.25, 0.3) is 0 Å². The van der Waals surface area contributed by atoms with Crippen molar-refractivity contribution in [2.24, 2.45) is 0 Å². The topological polar surface area (TPSA) is 48.4 Å². The smallest absolute Gasteiger partial charge is 0.150 e. The van der Waals surface area contributed by atoms with Crippen LogP contribution in [0, 0.1) is 0 Å². The van der Waals surface area contributed by atoms with E-state index >= 15 is 0 Å². The van der Waals surface area contributed by atoms with Gasteiger partial charge in [-0.05, 0) is 40.2 Å². The van der Waals surface area contributed by atoms with Gasteiger partial charge in [-0.15, -0.1) is 0 Å². The number of benzene rings is 1. The molecule has 0 saturated carbocycles. The van der Waals surface area contributed by atoms with Crippen molar-refractivity contribution >= 4 is 22.2 Å². The molecule has 0 aliphatic carbocycles. The second kappa shape index (κ2) is 6.33. The Morgan fingerprint density at radius 3 is 2.84 bits per heavy atom. The quantitative estimate of drug-likeness (QED) is 0.793. The number of pyridine rings is 1. The van der Waals surface area contributed by atoms with Crippen molar-refractivity contribution in [2.75, 3.05) is 7.11 Å². The zero-order valence-electron chi connectivity index (χ0n) is 10.3. The standard InChI is InChI=1S/C14H12BrNO3/c1-18-14-3-2-10(8-17)4-11(14)9-19-13-5-12(15)6-16-7-13/h2-8H,9H2,1H3. The minimum atomic E-state index is 0.309. The van der Waals surface area contributed by atoms with Gasteiger partial charge in [0.25, 0.3) is 0 Å². The Hall–Kier alpha value is -1.88. The van der Waals surface area contributed by atoms with Crippen molar-refractivity contribution in [3.05, 3.63) is 52.3 Å². The van der Waals surface area contributed by atoms with Gasteiger partial charge >= 0.3 is 0 Å². The number of hydrogen-bond acceptors (Lipinski definition) is 4. The van der Waals surface area contributed by atoms with Crippen LogP contribution in [-0.2, 0) is 6.61 Å². The molecule has 2 rings (SSSR count). The van der Waals surface area contributed by atoms with Gasteiger partial charge < -0.3 is 9.47 Å². The predicted molar refractivity (Wildman–Crippen MR) is 74.7 cm³/mol. The predicted octanol–water partition coefficient (Wildman–Crippen LogP) is 3.24. The van der Waals surface area contributed by atoms with Gasteiger partial charge in [0, 0.05) is 21.8 Å². The largest absolute Gasteiger partial charge is 0.496 e. The average molecular weight is 322 g/mol. The van der Waals surface area contributed by atoms with Crippen LogP contribution in [0.1, 0.15) is 15.9 Å². The molecule has 5 heteroatoms. The van der Waals surface area contributed by atoms with Gasteiger partial charge in [0.2, 0.25) is 0 Å². The van der Waals surface area contributed by atoms with Crippen LogP contribution in [-0.4, -0.2) is 18.4 Å². The minimum absolute atomic E-state index is 0.309. The van der Waals surface area contributed by atoms with Crippen LogP contribution in [0.3, 0.4) is 0 Å². The molecule has 1 aromatic heterocycles. The molecular formula is C14H12BrNO3. The van der Waals surface area contributed by atoms with Gasteiger partial charge in [-0.2, -0.15) is 0 Å². The van der Waals surface area contributed by atoms with Gasteiger partial charge in [0.05, 0.1) is 13.3 Å². The second-order valence-electron chi connectivity index (χ2n) is 3.82. The molecular weight excluding hydrogens is 310 g/mol. The molecule has 0 fully saturated rings. The highest BCUT2D eigenvalue weighted by Gasteiger charge is 2.06. The minimum Gasteiger partial charge on any atom is -0.496 e. The van der Waals surface area contributed by atoms with E-state index in [1.165, 1.54) is 0 Å². The molecule has 0 amide bonds. The average Bonchev–Trinajstić information content (AvgIpc) is 2.45. The zero-order chi connectivity index (χ0) is 13.7. The first-order valence-corrected chi connectivity index (χ1v) is 6.37. The van der Waals surface area contributed by atoms with E-state index in [-0.39, 0.29) is 0 Å². The van der Waals surface area contributed by atoms with Gasteiger partial charge in [-0.1, -0.05) is 0 Å². The summed E-state index contributed by atoms with van der Waals surface area (Å²) in [5.41, 5.74) is 1.40. The molecule has 0 unspecified atom stereocenters. The van der Waals surface area contributed by atoms with Crippen molar-refractivity contribution in [3.63, 3.8) is 0 Å². The van der Waals surface area contributed by atoms with E-state index in [0.29, 0.717) is 23.7 Å². The molecule has 0 atom stereocenters. The number of aromatic nitrogens is 1. The number of rotatable bonds is 5. The first kappa shape index (κ1) is 13.5. The Bertz CT molecular complexity index is 587. The SMILES string of the molecule is COc1ccc(C=O)cc1COc1cncc(Br)c1. The van der Waals surface area contributed by atoms with Gasteiger partial charge in [-0.25, -0.2) is 0 Å². The number of ether oxygens (including phenoxy) is 2. The van der Waals surface area contributed by atoms with Gasteiger partial charge in [0.15, 0.2) is 0 Å². The summed E-state index contributed by atoms with van der Waals surface area (Å²) in [5, 5.41) is 0.